The number of hydrogen-bond donors (Lipinski definition) is 1. The topological polar surface area (TPSA) is 99.1 Å². The lowest BCUT2D eigenvalue weighted by atomic mass is 10.1. The fourth-order valence-electron chi connectivity index (χ4n) is 1.69. The van der Waals surface area contributed by atoms with Crippen LogP contribution >= 0.6 is 23.2 Å². The van der Waals surface area contributed by atoms with E-state index in [-0.39, 0.29) is 21.9 Å². The number of hydrogen-bond acceptors (Lipinski definition) is 6. The second-order valence-corrected chi connectivity index (χ2v) is 7.82. The summed E-state index contributed by atoms with van der Waals surface area (Å²) in [6, 6.07) is 4.23. The minimum atomic E-state index is -3.86. The van der Waals surface area contributed by atoms with Crippen molar-refractivity contribution >= 4 is 33.0 Å². The van der Waals surface area contributed by atoms with Gasteiger partial charge in [-0.05, 0) is 18.1 Å². The number of nitrogens with zero attached hydrogens (tertiary/aromatic N) is 2. The van der Waals surface area contributed by atoms with Crippen LogP contribution in [0.25, 0.3) is 0 Å². The molecule has 6 nitrogen and oxygen atoms in total. The summed E-state index contributed by atoms with van der Waals surface area (Å²) in [7, 11) is -3.86. The summed E-state index contributed by atoms with van der Waals surface area (Å²) in [5.41, 5.74) is 6.15. The highest BCUT2D eigenvalue weighted by atomic mass is 35.5. The Morgan fingerprint density at radius 2 is 1.82 bits per heavy atom. The third-order valence-electron chi connectivity index (χ3n) is 3.09. The molecule has 2 aromatic rings. The standard InChI is InChI=1S/C13H15Cl2N3O3S/c1-7(2)11(16)12-17-18-13(21-12)22(19,20)6-8-9(14)4-3-5-10(8)15/h3-5,7,11H,6,16H2,1-2H3. The van der Waals surface area contributed by atoms with Gasteiger partial charge in [0, 0.05) is 15.6 Å². The predicted molar refractivity (Wildman–Crippen MR) is 83.4 cm³/mol. The first kappa shape index (κ1) is 17.2. The molecule has 0 fully saturated rings. The zero-order valence-electron chi connectivity index (χ0n) is 12.0. The summed E-state index contributed by atoms with van der Waals surface area (Å²) in [6.45, 7) is 3.74. The van der Waals surface area contributed by atoms with Gasteiger partial charge in [-0.15, -0.1) is 5.10 Å². The molecule has 0 bridgehead atoms. The molecule has 0 amide bonds. The first-order valence-corrected chi connectivity index (χ1v) is 8.88. The number of halogens is 2. The van der Waals surface area contributed by atoms with E-state index in [0.29, 0.717) is 5.56 Å². The van der Waals surface area contributed by atoms with Crippen molar-refractivity contribution in [1.82, 2.24) is 10.2 Å². The zero-order valence-corrected chi connectivity index (χ0v) is 14.3. The van der Waals surface area contributed by atoms with Crippen molar-refractivity contribution in [3.05, 3.63) is 39.7 Å². The molecule has 120 valence electrons. The summed E-state index contributed by atoms with van der Waals surface area (Å²) in [5, 5.41) is 7.31. The minimum absolute atomic E-state index is 0.0361. The van der Waals surface area contributed by atoms with Gasteiger partial charge in [0.2, 0.25) is 15.7 Å². The lowest BCUT2D eigenvalue weighted by Gasteiger charge is -2.09. The Labute approximate surface area is 138 Å². The summed E-state index contributed by atoms with van der Waals surface area (Å²) < 4.78 is 29.9. The summed E-state index contributed by atoms with van der Waals surface area (Å²) in [4.78, 5) is 0. The molecule has 1 heterocycles. The molecule has 9 heteroatoms. The van der Waals surface area contributed by atoms with Gasteiger partial charge in [0.25, 0.3) is 0 Å². The van der Waals surface area contributed by atoms with Gasteiger partial charge in [-0.25, -0.2) is 8.42 Å². The van der Waals surface area contributed by atoms with E-state index in [1.165, 1.54) is 0 Å². The number of sulfone groups is 1. The van der Waals surface area contributed by atoms with E-state index >= 15 is 0 Å². The molecule has 0 aliphatic carbocycles. The Morgan fingerprint density at radius 1 is 1.23 bits per heavy atom. The molecule has 2 N–H and O–H groups in total. The van der Waals surface area contributed by atoms with Crippen LogP contribution in [0.3, 0.4) is 0 Å². The van der Waals surface area contributed by atoms with Crippen LogP contribution in [-0.2, 0) is 15.6 Å². The van der Waals surface area contributed by atoms with Crippen LogP contribution in [0.15, 0.2) is 27.8 Å². The largest absolute Gasteiger partial charge is 0.411 e. The smallest absolute Gasteiger partial charge is 0.335 e. The molecule has 1 aromatic heterocycles. The zero-order chi connectivity index (χ0) is 16.5. The van der Waals surface area contributed by atoms with Crippen molar-refractivity contribution in [2.45, 2.75) is 30.9 Å². The maximum atomic E-state index is 12.4. The molecule has 0 aliphatic rings. The second-order valence-electron chi connectivity index (χ2n) is 5.14. The van der Waals surface area contributed by atoms with Crippen LogP contribution in [0, 0.1) is 5.92 Å². The van der Waals surface area contributed by atoms with Gasteiger partial charge < -0.3 is 10.2 Å². The van der Waals surface area contributed by atoms with Gasteiger partial charge in [0.15, 0.2) is 0 Å². The van der Waals surface area contributed by atoms with Crippen molar-refractivity contribution in [1.29, 1.82) is 0 Å². The lowest BCUT2D eigenvalue weighted by Crippen LogP contribution is -2.17. The Hall–Kier alpha value is -1.15. The molecule has 0 saturated heterocycles. The van der Waals surface area contributed by atoms with Gasteiger partial charge >= 0.3 is 5.22 Å². The summed E-state index contributed by atoms with van der Waals surface area (Å²) >= 11 is 12.0. The van der Waals surface area contributed by atoms with Crippen LogP contribution in [0.4, 0.5) is 0 Å². The van der Waals surface area contributed by atoms with Crippen molar-refractivity contribution in [2.75, 3.05) is 0 Å². The van der Waals surface area contributed by atoms with Crippen molar-refractivity contribution in [2.24, 2.45) is 11.7 Å². The number of aromatic nitrogens is 2. The van der Waals surface area contributed by atoms with Crippen LogP contribution in [-0.4, -0.2) is 18.6 Å². The van der Waals surface area contributed by atoms with E-state index in [9.17, 15) is 8.42 Å². The summed E-state index contributed by atoms with van der Waals surface area (Å²) in [5.74, 6) is -0.308. The quantitative estimate of drug-likeness (QED) is 0.876. The van der Waals surface area contributed by atoms with Crippen LogP contribution in [0.1, 0.15) is 31.3 Å². The normalized spacial score (nSPS) is 13.5. The Balaban J connectivity index is 2.32. The van der Waals surface area contributed by atoms with Gasteiger partial charge in [0.1, 0.15) is 0 Å². The second kappa shape index (κ2) is 6.54. The highest BCUT2D eigenvalue weighted by molar-refractivity contribution is 7.90. The van der Waals surface area contributed by atoms with E-state index in [1.54, 1.807) is 18.2 Å². The first-order valence-electron chi connectivity index (χ1n) is 6.47. The van der Waals surface area contributed by atoms with Crippen molar-refractivity contribution in [3.63, 3.8) is 0 Å². The van der Waals surface area contributed by atoms with E-state index in [4.69, 9.17) is 33.4 Å². The maximum absolute atomic E-state index is 12.4. The average molecular weight is 364 g/mol. The average Bonchev–Trinajstić information content (AvgIpc) is 2.92. The molecular formula is C13H15Cl2N3O3S. The fraction of sp³-hybridized carbons (Fsp3) is 0.385. The molecule has 1 atom stereocenters. The van der Waals surface area contributed by atoms with Gasteiger partial charge in [-0.1, -0.05) is 48.2 Å². The van der Waals surface area contributed by atoms with E-state index < -0.39 is 26.9 Å². The molecule has 0 saturated carbocycles. The minimum Gasteiger partial charge on any atom is -0.411 e. The highest BCUT2D eigenvalue weighted by Gasteiger charge is 2.27. The number of rotatable bonds is 5. The SMILES string of the molecule is CC(C)C(N)c1nnc(S(=O)(=O)Cc2c(Cl)cccc2Cl)o1. The number of benzene rings is 1. The molecule has 1 aromatic carbocycles. The van der Waals surface area contributed by atoms with Crippen molar-refractivity contribution < 1.29 is 12.8 Å². The van der Waals surface area contributed by atoms with Gasteiger partial charge in [0.05, 0.1) is 11.8 Å². The lowest BCUT2D eigenvalue weighted by molar-refractivity contribution is 0.341. The molecule has 0 radical (unpaired) electrons. The monoisotopic (exact) mass is 363 g/mol. The van der Waals surface area contributed by atoms with Gasteiger partial charge in [-0.2, -0.15) is 0 Å². The molecule has 22 heavy (non-hydrogen) atoms. The van der Waals surface area contributed by atoms with E-state index in [2.05, 4.69) is 10.2 Å². The number of nitrogens with two attached hydrogens (primary N) is 1. The van der Waals surface area contributed by atoms with E-state index in [1.807, 2.05) is 13.8 Å². The van der Waals surface area contributed by atoms with Gasteiger partial charge in [-0.3, -0.25) is 0 Å². The third kappa shape index (κ3) is 3.60. The van der Waals surface area contributed by atoms with Crippen LogP contribution < -0.4 is 5.73 Å². The molecule has 0 aliphatic heterocycles. The Morgan fingerprint density at radius 3 is 2.36 bits per heavy atom. The van der Waals surface area contributed by atoms with Crippen LogP contribution in [0.2, 0.25) is 10.0 Å². The Bertz CT molecular complexity index is 754. The van der Waals surface area contributed by atoms with Crippen molar-refractivity contribution in [3.8, 4) is 0 Å². The molecule has 0 spiro atoms. The fourth-order valence-corrected chi connectivity index (χ4v) is 3.57. The molecule has 1 unspecified atom stereocenters. The third-order valence-corrected chi connectivity index (χ3v) is 5.16. The van der Waals surface area contributed by atoms with E-state index in [0.717, 1.165) is 0 Å². The predicted octanol–water partition coefficient (Wildman–Crippen LogP) is 3.01. The maximum Gasteiger partial charge on any atom is 0.335 e. The van der Waals surface area contributed by atoms with Crippen LogP contribution in [0.5, 0.6) is 0 Å². The first-order chi connectivity index (χ1) is 10.2. The highest BCUT2D eigenvalue weighted by Crippen LogP contribution is 2.28. The molecular weight excluding hydrogens is 349 g/mol. The summed E-state index contributed by atoms with van der Waals surface area (Å²) in [6.07, 6.45) is 0. The molecule has 2 rings (SSSR count). The Kier molecular flexibility index (Phi) is 5.11.